The van der Waals surface area contributed by atoms with Gasteiger partial charge in [-0.1, -0.05) is 100 Å². The second-order valence-electron chi connectivity index (χ2n) is 8.24. The SMILES string of the molecule is C#CCOc1ccc2cc(C(C)C)ccc2c1.C#CCn1c2ccccc2c2ccccc21.CC. The van der Waals surface area contributed by atoms with E-state index in [-0.39, 0.29) is 0 Å². The van der Waals surface area contributed by atoms with Crippen LogP contribution >= 0.6 is 0 Å². The zero-order chi connectivity index (χ0) is 25.2. The molecule has 0 atom stereocenters. The van der Waals surface area contributed by atoms with Crippen molar-refractivity contribution in [3.8, 4) is 30.4 Å². The van der Waals surface area contributed by atoms with Gasteiger partial charge in [-0.15, -0.1) is 12.8 Å². The van der Waals surface area contributed by atoms with Gasteiger partial charge in [0.1, 0.15) is 12.4 Å². The molecule has 0 fully saturated rings. The summed E-state index contributed by atoms with van der Waals surface area (Å²) < 4.78 is 7.59. The lowest BCUT2D eigenvalue weighted by Crippen LogP contribution is -1.93. The quantitative estimate of drug-likeness (QED) is 0.246. The molecule has 0 N–H and O–H groups in total. The van der Waals surface area contributed by atoms with E-state index in [0.717, 1.165) is 5.75 Å². The van der Waals surface area contributed by atoms with Crippen LogP contribution in [0.25, 0.3) is 32.6 Å². The normalized spacial score (nSPS) is 10.1. The summed E-state index contributed by atoms with van der Waals surface area (Å²) in [6.45, 7) is 9.33. The Hall–Kier alpha value is -4.14. The minimum Gasteiger partial charge on any atom is -0.481 e. The molecule has 0 radical (unpaired) electrons. The van der Waals surface area contributed by atoms with Crippen LogP contribution in [0.3, 0.4) is 0 Å². The smallest absolute Gasteiger partial charge is 0.148 e. The standard InChI is InChI=1S/C16H16O.C15H11N.C2H6/c1-4-9-17-16-8-7-14-10-13(12(2)3)5-6-15(14)11-16;1-2-11-16-14-9-5-3-7-12(14)13-8-4-6-10-15(13)16;1-2/h1,5-8,10-12H,9H2,2-3H3;1,3-10H,11H2;1-2H3. The molecular formula is C33H33NO. The molecule has 35 heavy (non-hydrogen) atoms. The van der Waals surface area contributed by atoms with Crippen LogP contribution in [0, 0.1) is 24.7 Å². The third kappa shape index (κ3) is 5.87. The minimum absolute atomic E-state index is 0.315. The number of rotatable bonds is 4. The summed E-state index contributed by atoms with van der Waals surface area (Å²) in [5.41, 5.74) is 3.78. The molecule has 5 rings (SSSR count). The molecule has 176 valence electrons. The molecule has 0 aliphatic rings. The lowest BCUT2D eigenvalue weighted by Gasteiger charge is -2.08. The van der Waals surface area contributed by atoms with Crippen molar-refractivity contribution in [3.05, 3.63) is 90.5 Å². The predicted octanol–water partition coefficient (Wildman–Crippen LogP) is 8.43. The fourth-order valence-corrected chi connectivity index (χ4v) is 4.08. The second-order valence-corrected chi connectivity index (χ2v) is 8.24. The predicted molar refractivity (Wildman–Crippen MR) is 152 cm³/mol. The van der Waals surface area contributed by atoms with Crippen molar-refractivity contribution in [1.29, 1.82) is 0 Å². The number of fused-ring (bicyclic) bond motifs is 4. The van der Waals surface area contributed by atoms with Crippen LogP contribution in [0.4, 0.5) is 0 Å². The molecular weight excluding hydrogens is 426 g/mol. The van der Waals surface area contributed by atoms with E-state index in [1.807, 2.05) is 38.1 Å². The molecule has 1 heterocycles. The topological polar surface area (TPSA) is 14.2 Å². The number of hydrogen-bond acceptors (Lipinski definition) is 1. The first-order valence-electron chi connectivity index (χ1n) is 12.1. The third-order valence-corrected chi connectivity index (χ3v) is 5.75. The Kier molecular flexibility index (Phi) is 9.00. The molecule has 0 spiro atoms. The summed E-state index contributed by atoms with van der Waals surface area (Å²) in [5, 5.41) is 4.97. The molecule has 0 aliphatic heterocycles. The van der Waals surface area contributed by atoms with E-state index in [4.69, 9.17) is 17.6 Å². The Morgan fingerprint density at radius 3 is 1.89 bits per heavy atom. The van der Waals surface area contributed by atoms with E-state index >= 15 is 0 Å². The molecule has 2 heteroatoms. The average Bonchev–Trinajstić information content (AvgIpc) is 3.22. The van der Waals surface area contributed by atoms with E-state index in [2.05, 4.69) is 90.9 Å². The number of nitrogens with zero attached hydrogens (tertiary/aromatic N) is 1. The fourth-order valence-electron chi connectivity index (χ4n) is 4.08. The van der Waals surface area contributed by atoms with Gasteiger partial charge in [0.05, 0.1) is 6.54 Å². The Morgan fingerprint density at radius 2 is 1.31 bits per heavy atom. The van der Waals surface area contributed by atoms with Crippen LogP contribution in [0.5, 0.6) is 5.75 Å². The van der Waals surface area contributed by atoms with Crippen LogP contribution in [0.15, 0.2) is 84.9 Å². The maximum atomic E-state index is 5.43. The van der Waals surface area contributed by atoms with Crippen LogP contribution in [0.2, 0.25) is 0 Å². The first-order chi connectivity index (χ1) is 17.1. The Bertz CT molecular complexity index is 1440. The highest BCUT2D eigenvalue weighted by Crippen LogP contribution is 2.28. The number of ether oxygens (including phenoxy) is 1. The minimum atomic E-state index is 0.315. The number of benzene rings is 4. The first-order valence-corrected chi connectivity index (χ1v) is 12.1. The van der Waals surface area contributed by atoms with E-state index < -0.39 is 0 Å². The van der Waals surface area contributed by atoms with Gasteiger partial charge in [-0.25, -0.2) is 0 Å². The summed E-state index contributed by atoms with van der Waals surface area (Å²) in [6.07, 6.45) is 10.6. The average molecular weight is 460 g/mol. The Labute approximate surface area is 209 Å². The van der Waals surface area contributed by atoms with Crippen molar-refractivity contribution in [2.75, 3.05) is 6.61 Å². The van der Waals surface area contributed by atoms with E-state index in [0.29, 0.717) is 19.1 Å². The molecule has 0 aliphatic carbocycles. The highest BCUT2D eigenvalue weighted by atomic mass is 16.5. The molecule has 0 saturated heterocycles. The summed E-state index contributed by atoms with van der Waals surface area (Å²) in [5.74, 6) is 6.56. The second kappa shape index (κ2) is 12.4. The van der Waals surface area contributed by atoms with Crippen molar-refractivity contribution in [2.45, 2.75) is 40.2 Å². The first kappa shape index (κ1) is 25.5. The summed E-state index contributed by atoms with van der Waals surface area (Å²) >= 11 is 0. The van der Waals surface area contributed by atoms with Gasteiger partial charge < -0.3 is 9.30 Å². The van der Waals surface area contributed by atoms with Crippen LogP contribution in [0.1, 0.15) is 39.2 Å². The molecule has 1 aromatic heterocycles. The highest BCUT2D eigenvalue weighted by Gasteiger charge is 2.07. The van der Waals surface area contributed by atoms with Crippen molar-refractivity contribution in [2.24, 2.45) is 0 Å². The molecule has 0 bridgehead atoms. The van der Waals surface area contributed by atoms with Crippen molar-refractivity contribution in [3.63, 3.8) is 0 Å². The molecule has 0 unspecified atom stereocenters. The maximum absolute atomic E-state index is 5.43. The lowest BCUT2D eigenvalue weighted by molar-refractivity contribution is 0.371. The van der Waals surface area contributed by atoms with Gasteiger partial charge >= 0.3 is 0 Å². The zero-order valence-electron chi connectivity index (χ0n) is 21.1. The zero-order valence-corrected chi connectivity index (χ0v) is 21.1. The summed E-state index contributed by atoms with van der Waals surface area (Å²) in [4.78, 5) is 0. The van der Waals surface area contributed by atoms with Gasteiger partial charge in [0.25, 0.3) is 0 Å². The van der Waals surface area contributed by atoms with Gasteiger partial charge in [0.15, 0.2) is 0 Å². The molecule has 0 saturated carbocycles. The monoisotopic (exact) mass is 459 g/mol. The van der Waals surface area contributed by atoms with Gasteiger partial charge in [-0.3, -0.25) is 0 Å². The van der Waals surface area contributed by atoms with E-state index in [1.54, 1.807) is 0 Å². The largest absolute Gasteiger partial charge is 0.481 e. The van der Waals surface area contributed by atoms with Gasteiger partial charge in [-0.2, -0.15) is 0 Å². The number of aromatic nitrogens is 1. The van der Waals surface area contributed by atoms with E-state index in [1.165, 1.54) is 38.1 Å². The Morgan fingerprint density at radius 1 is 0.743 bits per heavy atom. The summed E-state index contributed by atoms with van der Waals surface area (Å²) in [7, 11) is 0. The Balaban J connectivity index is 0.000000183. The van der Waals surface area contributed by atoms with Crippen LogP contribution < -0.4 is 4.74 Å². The molecule has 0 amide bonds. The molecule has 2 nitrogen and oxygen atoms in total. The number of terminal acetylenes is 2. The van der Waals surface area contributed by atoms with E-state index in [9.17, 15) is 0 Å². The van der Waals surface area contributed by atoms with Crippen molar-refractivity contribution >= 4 is 32.6 Å². The summed E-state index contributed by atoms with van der Waals surface area (Å²) in [6, 6.07) is 29.3. The van der Waals surface area contributed by atoms with Crippen LogP contribution in [-0.2, 0) is 6.54 Å². The number of hydrogen-bond donors (Lipinski definition) is 0. The third-order valence-electron chi connectivity index (χ3n) is 5.75. The lowest BCUT2D eigenvalue weighted by atomic mass is 9.99. The maximum Gasteiger partial charge on any atom is 0.148 e. The van der Waals surface area contributed by atoms with Crippen LogP contribution in [-0.4, -0.2) is 11.2 Å². The molecule has 4 aromatic carbocycles. The number of para-hydroxylation sites is 2. The van der Waals surface area contributed by atoms with Crippen molar-refractivity contribution < 1.29 is 4.74 Å². The van der Waals surface area contributed by atoms with Gasteiger partial charge in [-0.05, 0) is 46.5 Å². The van der Waals surface area contributed by atoms with Crippen molar-refractivity contribution in [1.82, 2.24) is 4.57 Å². The highest BCUT2D eigenvalue weighted by molar-refractivity contribution is 6.08. The van der Waals surface area contributed by atoms with Gasteiger partial charge in [0.2, 0.25) is 0 Å². The fraction of sp³-hybridized carbons (Fsp3) is 0.212. The molecule has 5 aromatic rings. The van der Waals surface area contributed by atoms with Gasteiger partial charge in [0, 0.05) is 21.8 Å².